The van der Waals surface area contributed by atoms with Crippen LogP contribution in [0, 0.1) is 13.8 Å². The Hall–Kier alpha value is -1.24. The molecular weight excluding hydrogens is 234 g/mol. The van der Waals surface area contributed by atoms with Crippen molar-refractivity contribution in [1.29, 1.82) is 0 Å². The highest BCUT2D eigenvalue weighted by Crippen LogP contribution is 2.15. The van der Waals surface area contributed by atoms with Gasteiger partial charge in [-0.15, -0.1) is 0 Å². The SMILES string of the molecule is Cc1nc(C)c(C(C)NC(C)(CO)CO)c(=O)[nH]1. The van der Waals surface area contributed by atoms with E-state index in [1.807, 2.05) is 0 Å². The highest BCUT2D eigenvalue weighted by molar-refractivity contribution is 5.20. The Kier molecular flexibility index (Phi) is 4.61. The van der Waals surface area contributed by atoms with E-state index >= 15 is 0 Å². The van der Waals surface area contributed by atoms with Gasteiger partial charge in [0.2, 0.25) is 0 Å². The number of hydrogen-bond acceptors (Lipinski definition) is 5. The number of aliphatic hydroxyl groups excluding tert-OH is 2. The zero-order valence-electron chi connectivity index (χ0n) is 11.2. The first-order chi connectivity index (χ1) is 8.33. The molecule has 1 heterocycles. The summed E-state index contributed by atoms with van der Waals surface area (Å²) in [5, 5.41) is 21.5. The highest BCUT2D eigenvalue weighted by Gasteiger charge is 2.26. The fourth-order valence-electron chi connectivity index (χ4n) is 1.98. The Morgan fingerprint density at radius 2 is 1.94 bits per heavy atom. The molecule has 0 aromatic carbocycles. The van der Waals surface area contributed by atoms with E-state index in [2.05, 4.69) is 15.3 Å². The molecule has 6 nitrogen and oxygen atoms in total. The fraction of sp³-hybridized carbons (Fsp3) is 0.667. The van der Waals surface area contributed by atoms with Gasteiger partial charge in [-0.25, -0.2) is 4.98 Å². The summed E-state index contributed by atoms with van der Waals surface area (Å²) in [6.45, 7) is 6.55. The lowest BCUT2D eigenvalue weighted by atomic mass is 10.0. The molecule has 0 bridgehead atoms. The lowest BCUT2D eigenvalue weighted by molar-refractivity contribution is 0.0955. The zero-order chi connectivity index (χ0) is 13.9. The van der Waals surface area contributed by atoms with Crippen molar-refractivity contribution in [3.63, 3.8) is 0 Å². The van der Waals surface area contributed by atoms with Crippen LogP contribution in [0.2, 0.25) is 0 Å². The van der Waals surface area contributed by atoms with Crippen molar-refractivity contribution in [2.24, 2.45) is 0 Å². The molecule has 0 fully saturated rings. The number of aliphatic hydroxyl groups is 2. The molecule has 1 rings (SSSR count). The minimum absolute atomic E-state index is 0.196. The maximum Gasteiger partial charge on any atom is 0.255 e. The molecule has 1 unspecified atom stereocenters. The highest BCUT2D eigenvalue weighted by atomic mass is 16.3. The van der Waals surface area contributed by atoms with Crippen molar-refractivity contribution in [3.05, 3.63) is 27.4 Å². The molecule has 0 saturated carbocycles. The average molecular weight is 255 g/mol. The van der Waals surface area contributed by atoms with E-state index in [0.717, 1.165) is 0 Å². The second kappa shape index (κ2) is 5.60. The van der Waals surface area contributed by atoms with Gasteiger partial charge in [-0.3, -0.25) is 4.79 Å². The van der Waals surface area contributed by atoms with Crippen molar-refractivity contribution in [2.45, 2.75) is 39.3 Å². The Balaban J connectivity index is 3.05. The monoisotopic (exact) mass is 255 g/mol. The summed E-state index contributed by atoms with van der Waals surface area (Å²) in [5.41, 5.74) is 0.143. The van der Waals surface area contributed by atoms with E-state index in [-0.39, 0.29) is 24.8 Å². The molecule has 18 heavy (non-hydrogen) atoms. The third kappa shape index (κ3) is 3.16. The summed E-state index contributed by atoms with van der Waals surface area (Å²) >= 11 is 0. The quantitative estimate of drug-likeness (QED) is 0.583. The molecule has 0 amide bonds. The normalized spacial score (nSPS) is 13.7. The van der Waals surface area contributed by atoms with Crippen LogP contribution in [0.15, 0.2) is 4.79 Å². The van der Waals surface area contributed by atoms with Crippen LogP contribution in [0.1, 0.15) is 37.0 Å². The Morgan fingerprint density at radius 3 is 2.39 bits per heavy atom. The van der Waals surface area contributed by atoms with Crippen LogP contribution in [0.4, 0.5) is 0 Å². The first-order valence-electron chi connectivity index (χ1n) is 5.90. The molecule has 1 aromatic rings. The molecule has 102 valence electrons. The number of aromatic amines is 1. The van der Waals surface area contributed by atoms with Gasteiger partial charge in [0.1, 0.15) is 5.82 Å². The van der Waals surface area contributed by atoms with Crippen molar-refractivity contribution in [3.8, 4) is 0 Å². The Morgan fingerprint density at radius 1 is 1.39 bits per heavy atom. The number of aromatic nitrogens is 2. The Bertz CT molecular complexity index is 466. The minimum Gasteiger partial charge on any atom is -0.394 e. The second-order valence-corrected chi connectivity index (χ2v) is 4.89. The van der Waals surface area contributed by atoms with Crippen LogP contribution in [0.5, 0.6) is 0 Å². The van der Waals surface area contributed by atoms with Crippen LogP contribution in [-0.4, -0.2) is 38.9 Å². The number of H-pyrrole nitrogens is 1. The molecule has 0 aliphatic rings. The van der Waals surface area contributed by atoms with Gasteiger partial charge >= 0.3 is 0 Å². The van der Waals surface area contributed by atoms with Gasteiger partial charge in [0.15, 0.2) is 0 Å². The Labute approximate surface area is 106 Å². The molecule has 0 spiro atoms. The first kappa shape index (κ1) is 14.8. The number of nitrogens with one attached hydrogen (secondary N) is 2. The smallest absolute Gasteiger partial charge is 0.255 e. The molecule has 6 heteroatoms. The second-order valence-electron chi connectivity index (χ2n) is 4.89. The molecule has 0 radical (unpaired) electrons. The molecule has 1 atom stereocenters. The summed E-state index contributed by atoms with van der Waals surface area (Å²) < 4.78 is 0. The topological polar surface area (TPSA) is 98.2 Å². The lowest BCUT2D eigenvalue weighted by Crippen LogP contribution is -2.50. The van der Waals surface area contributed by atoms with Crippen LogP contribution < -0.4 is 10.9 Å². The van der Waals surface area contributed by atoms with E-state index in [9.17, 15) is 15.0 Å². The van der Waals surface area contributed by atoms with Crippen molar-refractivity contribution in [1.82, 2.24) is 15.3 Å². The summed E-state index contributed by atoms with van der Waals surface area (Å²) in [6, 6.07) is -0.314. The van der Waals surface area contributed by atoms with Crippen molar-refractivity contribution in [2.75, 3.05) is 13.2 Å². The van der Waals surface area contributed by atoms with Gasteiger partial charge in [-0.05, 0) is 27.7 Å². The maximum atomic E-state index is 11.9. The predicted molar refractivity (Wildman–Crippen MR) is 68.5 cm³/mol. The molecule has 4 N–H and O–H groups in total. The zero-order valence-corrected chi connectivity index (χ0v) is 11.2. The lowest BCUT2D eigenvalue weighted by Gasteiger charge is -2.30. The van der Waals surface area contributed by atoms with Gasteiger partial charge in [0.05, 0.1) is 24.3 Å². The third-order valence-electron chi connectivity index (χ3n) is 2.96. The molecule has 0 saturated heterocycles. The van der Waals surface area contributed by atoms with E-state index in [1.165, 1.54) is 0 Å². The predicted octanol–water partition coefficient (Wildman–Crippen LogP) is -0.219. The van der Waals surface area contributed by atoms with Crippen molar-refractivity contribution >= 4 is 0 Å². The van der Waals surface area contributed by atoms with Gasteiger partial charge in [-0.1, -0.05) is 0 Å². The van der Waals surface area contributed by atoms with Crippen LogP contribution >= 0.6 is 0 Å². The largest absolute Gasteiger partial charge is 0.394 e. The van der Waals surface area contributed by atoms with E-state index in [0.29, 0.717) is 17.1 Å². The van der Waals surface area contributed by atoms with E-state index < -0.39 is 5.54 Å². The molecular formula is C12H21N3O3. The molecule has 0 aliphatic carbocycles. The summed E-state index contributed by atoms with van der Waals surface area (Å²) in [4.78, 5) is 18.8. The minimum atomic E-state index is -0.830. The molecule has 0 aliphatic heterocycles. The van der Waals surface area contributed by atoms with Gasteiger partial charge in [-0.2, -0.15) is 0 Å². The van der Waals surface area contributed by atoms with Gasteiger partial charge in [0.25, 0.3) is 5.56 Å². The number of hydrogen-bond donors (Lipinski definition) is 4. The summed E-state index contributed by atoms with van der Waals surface area (Å²) in [7, 11) is 0. The first-order valence-corrected chi connectivity index (χ1v) is 5.90. The average Bonchev–Trinajstić information content (AvgIpc) is 2.27. The van der Waals surface area contributed by atoms with Crippen LogP contribution in [0.25, 0.3) is 0 Å². The van der Waals surface area contributed by atoms with Crippen LogP contribution in [-0.2, 0) is 0 Å². The fourth-order valence-corrected chi connectivity index (χ4v) is 1.98. The van der Waals surface area contributed by atoms with Gasteiger partial charge < -0.3 is 20.5 Å². The molecule has 1 aromatic heterocycles. The standard InChI is InChI=1S/C12H21N3O3/c1-7-10(11(18)14-9(3)13-7)8(2)15-12(4,5-16)6-17/h8,15-17H,5-6H2,1-4H3,(H,13,14,18). The maximum absolute atomic E-state index is 11.9. The third-order valence-corrected chi connectivity index (χ3v) is 2.96. The van der Waals surface area contributed by atoms with E-state index in [4.69, 9.17) is 0 Å². The summed E-state index contributed by atoms with van der Waals surface area (Å²) in [6.07, 6.45) is 0. The van der Waals surface area contributed by atoms with Crippen molar-refractivity contribution < 1.29 is 10.2 Å². The van der Waals surface area contributed by atoms with Crippen LogP contribution in [0.3, 0.4) is 0 Å². The summed E-state index contributed by atoms with van der Waals surface area (Å²) in [5.74, 6) is 0.570. The number of aryl methyl sites for hydroxylation is 2. The number of nitrogens with zero attached hydrogens (tertiary/aromatic N) is 1. The van der Waals surface area contributed by atoms with E-state index in [1.54, 1.807) is 27.7 Å². The number of rotatable bonds is 5. The van der Waals surface area contributed by atoms with Gasteiger partial charge in [0, 0.05) is 11.7 Å².